The molecule has 15 heteroatoms. The normalized spacial score (nSPS) is 15.7. The minimum absolute atomic E-state index is 0.133. The highest BCUT2D eigenvalue weighted by atomic mass is 35.5. The molecule has 2 saturated heterocycles. The average Bonchev–Trinajstić information content (AvgIpc) is 3.26. The van der Waals surface area contributed by atoms with Gasteiger partial charge < -0.3 is 20.4 Å². The molecule has 2 aliphatic rings. The molecule has 12 nitrogen and oxygen atoms in total. The topological polar surface area (TPSA) is 140 Å². The summed E-state index contributed by atoms with van der Waals surface area (Å²) in [5.74, 6) is -0.171. The van der Waals surface area contributed by atoms with Crippen LogP contribution in [0.3, 0.4) is 0 Å². The second kappa shape index (κ2) is 19.9. The van der Waals surface area contributed by atoms with Crippen molar-refractivity contribution in [1.29, 1.82) is 0 Å². The van der Waals surface area contributed by atoms with Crippen LogP contribution in [0.5, 0.6) is 0 Å². The molecule has 59 heavy (non-hydrogen) atoms. The van der Waals surface area contributed by atoms with E-state index in [0.717, 1.165) is 94.1 Å². The summed E-state index contributed by atoms with van der Waals surface area (Å²) in [7, 11) is -4.44. The summed E-state index contributed by atoms with van der Waals surface area (Å²) in [6, 6.07) is 36.6. The number of halogens is 1. The maximum Gasteiger partial charge on any atom is 0.293 e. The fraction of sp³-hybridized carbons (Fsp3) is 0.295. The van der Waals surface area contributed by atoms with E-state index in [1.807, 2.05) is 72.8 Å². The predicted octanol–water partition coefficient (Wildman–Crippen LogP) is 7.22. The molecule has 5 aromatic rings. The standard InChI is InChI=1S/C44H48ClN7O5S2/c45-36-14-10-33(11-15-36)41-9-5-4-6-35(41)31-50-26-28-51(29-27-50)38-16-12-34(13-17-38)44(53)48-59(56,57)40-18-19-42(43(30-40)52(54)55)47-37(20-23-49-24-21-46-22-25-49)32-58-39-7-2-1-3-8-39/h1-19,30,37,46-47H,20-29,31-32H2,(H,48,53). The van der Waals surface area contributed by atoms with Gasteiger partial charge in [0.15, 0.2) is 0 Å². The van der Waals surface area contributed by atoms with Crippen LogP contribution in [0.4, 0.5) is 17.1 Å². The quantitative estimate of drug-likeness (QED) is 0.0527. The Bertz CT molecular complexity index is 2310. The van der Waals surface area contributed by atoms with E-state index in [2.05, 4.69) is 48.3 Å². The van der Waals surface area contributed by atoms with Crippen molar-refractivity contribution in [3.63, 3.8) is 0 Å². The smallest absolute Gasteiger partial charge is 0.293 e. The minimum Gasteiger partial charge on any atom is -0.376 e. The highest BCUT2D eigenvalue weighted by Gasteiger charge is 2.26. The van der Waals surface area contributed by atoms with E-state index in [0.29, 0.717) is 10.8 Å². The number of sulfonamides is 1. The van der Waals surface area contributed by atoms with Gasteiger partial charge in [-0.15, -0.1) is 11.8 Å². The van der Waals surface area contributed by atoms with Crippen LogP contribution in [0, 0.1) is 10.1 Å². The number of rotatable bonds is 16. The SMILES string of the molecule is O=C(NS(=O)(=O)c1ccc(NC(CCN2CCNCC2)CSc2ccccc2)c([N+](=O)[O-])c1)c1ccc(N2CCN(Cc3ccccc3-c3ccc(Cl)cc3)CC2)cc1. The van der Waals surface area contributed by atoms with E-state index in [9.17, 15) is 23.3 Å². The summed E-state index contributed by atoms with van der Waals surface area (Å²) in [5.41, 5.74) is 4.48. The second-order valence-corrected chi connectivity index (χ2v) is 17.9. The summed E-state index contributed by atoms with van der Waals surface area (Å²) in [5, 5.41) is 19.7. The van der Waals surface area contributed by atoms with E-state index in [-0.39, 0.29) is 27.9 Å². The Morgan fingerprint density at radius 1 is 0.831 bits per heavy atom. The van der Waals surface area contributed by atoms with Gasteiger partial charge in [-0.2, -0.15) is 0 Å². The van der Waals surface area contributed by atoms with Crippen LogP contribution in [0.15, 0.2) is 131 Å². The number of piperazine rings is 2. The first-order valence-corrected chi connectivity index (χ1v) is 22.6. The molecule has 2 heterocycles. The number of nitrogens with one attached hydrogen (secondary N) is 3. The average molecular weight is 854 g/mol. The van der Waals surface area contributed by atoms with Crippen LogP contribution < -0.4 is 20.3 Å². The molecular formula is C44H48ClN7O5S2. The van der Waals surface area contributed by atoms with Crippen molar-refractivity contribution in [2.45, 2.75) is 28.8 Å². The van der Waals surface area contributed by atoms with E-state index in [1.54, 1.807) is 23.9 Å². The number of amides is 1. The highest BCUT2D eigenvalue weighted by Crippen LogP contribution is 2.31. The summed E-state index contributed by atoms with van der Waals surface area (Å²) in [6.45, 7) is 8.60. The van der Waals surface area contributed by atoms with Crippen molar-refractivity contribution in [3.8, 4) is 11.1 Å². The van der Waals surface area contributed by atoms with Gasteiger partial charge in [0.25, 0.3) is 21.6 Å². The molecule has 0 aliphatic carbocycles. The number of nitro benzene ring substituents is 1. The molecule has 2 aliphatic heterocycles. The lowest BCUT2D eigenvalue weighted by Gasteiger charge is -2.36. The molecule has 3 N–H and O–H groups in total. The van der Waals surface area contributed by atoms with Crippen molar-refractivity contribution in [1.82, 2.24) is 19.8 Å². The Hall–Kier alpha value is -4.96. The first-order valence-electron chi connectivity index (χ1n) is 19.8. The van der Waals surface area contributed by atoms with Gasteiger partial charge in [0.05, 0.1) is 9.82 Å². The van der Waals surface area contributed by atoms with Gasteiger partial charge in [-0.3, -0.25) is 19.8 Å². The number of nitro groups is 1. The van der Waals surface area contributed by atoms with E-state index < -0.39 is 20.9 Å². The summed E-state index contributed by atoms with van der Waals surface area (Å²) < 4.78 is 29.0. The lowest BCUT2D eigenvalue weighted by atomic mass is 9.99. The Morgan fingerprint density at radius 2 is 1.53 bits per heavy atom. The fourth-order valence-corrected chi connectivity index (χ4v) is 9.51. The molecule has 308 valence electrons. The first kappa shape index (κ1) is 42.2. The van der Waals surface area contributed by atoms with Crippen molar-refractivity contribution < 1.29 is 18.1 Å². The third-order valence-electron chi connectivity index (χ3n) is 10.7. The number of nitrogens with zero attached hydrogens (tertiary/aromatic N) is 4. The summed E-state index contributed by atoms with van der Waals surface area (Å²) >= 11 is 7.78. The van der Waals surface area contributed by atoms with Crippen molar-refractivity contribution in [3.05, 3.63) is 148 Å². The fourth-order valence-electron chi connectivity index (χ4n) is 7.39. The zero-order valence-electron chi connectivity index (χ0n) is 32.6. The van der Waals surface area contributed by atoms with Crippen molar-refractivity contribution in [2.24, 2.45) is 0 Å². The van der Waals surface area contributed by atoms with Gasteiger partial charge in [0.2, 0.25) is 0 Å². The largest absolute Gasteiger partial charge is 0.376 e. The zero-order chi connectivity index (χ0) is 41.2. The van der Waals surface area contributed by atoms with Crippen LogP contribution in [0.2, 0.25) is 5.02 Å². The molecule has 1 atom stereocenters. The Morgan fingerprint density at radius 3 is 2.24 bits per heavy atom. The van der Waals surface area contributed by atoms with Crippen molar-refractivity contribution >= 4 is 56.4 Å². The molecular weight excluding hydrogens is 806 g/mol. The van der Waals surface area contributed by atoms with Gasteiger partial charge in [0, 0.05) is 104 Å². The maximum atomic E-state index is 13.4. The molecule has 0 bridgehead atoms. The van der Waals surface area contributed by atoms with Gasteiger partial charge in [-0.25, -0.2) is 13.1 Å². The monoisotopic (exact) mass is 853 g/mol. The molecule has 0 aromatic heterocycles. The Labute approximate surface area is 355 Å². The molecule has 0 spiro atoms. The molecule has 7 rings (SSSR count). The zero-order valence-corrected chi connectivity index (χ0v) is 35.0. The van der Waals surface area contributed by atoms with E-state index in [4.69, 9.17) is 11.6 Å². The van der Waals surface area contributed by atoms with Crippen LogP contribution in [-0.2, 0) is 16.6 Å². The summed E-state index contributed by atoms with van der Waals surface area (Å²) in [4.78, 5) is 32.7. The molecule has 1 unspecified atom stereocenters. The third kappa shape index (κ3) is 11.4. The van der Waals surface area contributed by atoms with Crippen LogP contribution >= 0.6 is 23.4 Å². The second-order valence-electron chi connectivity index (χ2n) is 14.7. The Balaban J connectivity index is 0.958. The third-order valence-corrected chi connectivity index (χ3v) is 13.4. The predicted molar refractivity (Wildman–Crippen MR) is 237 cm³/mol. The lowest BCUT2D eigenvalue weighted by molar-refractivity contribution is -0.384. The molecule has 5 aromatic carbocycles. The van der Waals surface area contributed by atoms with Crippen molar-refractivity contribution in [2.75, 3.05) is 74.9 Å². The Kier molecular flexibility index (Phi) is 14.2. The van der Waals surface area contributed by atoms with E-state index in [1.165, 1.54) is 23.3 Å². The number of carbonyl (C=O) groups excluding carboxylic acids is 1. The summed E-state index contributed by atoms with van der Waals surface area (Å²) in [6.07, 6.45) is 0.739. The van der Waals surface area contributed by atoms with Gasteiger partial charge >= 0.3 is 0 Å². The lowest BCUT2D eigenvalue weighted by Crippen LogP contribution is -2.46. The number of anilines is 2. The number of thioether (sulfide) groups is 1. The first-order chi connectivity index (χ1) is 28.6. The van der Waals surface area contributed by atoms with Crippen LogP contribution in [-0.4, -0.2) is 99.7 Å². The molecule has 1 amide bonds. The van der Waals surface area contributed by atoms with Gasteiger partial charge in [-0.1, -0.05) is 66.2 Å². The minimum atomic E-state index is -4.44. The van der Waals surface area contributed by atoms with Gasteiger partial charge in [-0.05, 0) is 83.8 Å². The maximum absolute atomic E-state index is 13.4. The molecule has 2 fully saturated rings. The molecule has 0 radical (unpaired) electrons. The van der Waals surface area contributed by atoms with E-state index >= 15 is 0 Å². The number of benzene rings is 5. The van der Waals surface area contributed by atoms with Gasteiger partial charge in [0.1, 0.15) is 5.69 Å². The number of hydrogen-bond acceptors (Lipinski definition) is 11. The van der Waals surface area contributed by atoms with Crippen LogP contribution in [0.25, 0.3) is 11.1 Å². The number of carbonyl (C=O) groups is 1. The highest BCUT2D eigenvalue weighted by molar-refractivity contribution is 7.99. The molecule has 0 saturated carbocycles. The van der Waals surface area contributed by atoms with Crippen LogP contribution in [0.1, 0.15) is 22.3 Å². The number of hydrogen-bond donors (Lipinski definition) is 3.